The highest BCUT2D eigenvalue weighted by Crippen LogP contribution is 2.33. The lowest BCUT2D eigenvalue weighted by molar-refractivity contribution is -0.130. The van der Waals surface area contributed by atoms with E-state index in [-0.39, 0.29) is 60.1 Å². The molecule has 4 fully saturated rings. The van der Waals surface area contributed by atoms with Crippen LogP contribution >= 0.6 is 0 Å². The topological polar surface area (TPSA) is 246 Å². The van der Waals surface area contributed by atoms with Crippen molar-refractivity contribution in [3.63, 3.8) is 0 Å². The molecular formula is C38H62N10O8. The summed E-state index contributed by atoms with van der Waals surface area (Å²) in [7, 11) is 3.98. The molecular weight excluding hydrogens is 724 g/mol. The van der Waals surface area contributed by atoms with E-state index in [9.17, 15) is 19.2 Å². The lowest BCUT2D eigenvalue weighted by Crippen LogP contribution is -2.59. The molecule has 0 bridgehead atoms. The Bertz CT molecular complexity index is 1540. The predicted octanol–water partition coefficient (Wildman–Crippen LogP) is 3.77. The molecule has 2 atom stereocenters. The molecule has 6 rings (SSSR count). The third-order valence-corrected chi connectivity index (χ3v) is 11.9. The number of likely N-dealkylation sites (tertiary alicyclic amines) is 2. The van der Waals surface area contributed by atoms with Crippen LogP contribution in [0.1, 0.15) is 160 Å². The van der Waals surface area contributed by atoms with E-state index < -0.39 is 11.8 Å². The highest BCUT2D eigenvalue weighted by molar-refractivity contribution is 5.91. The van der Waals surface area contributed by atoms with Gasteiger partial charge >= 0.3 is 0 Å². The zero-order valence-electron chi connectivity index (χ0n) is 33.1. The number of hydrogen-bond acceptors (Lipinski definition) is 14. The average molecular weight is 787 g/mol. The van der Waals surface area contributed by atoms with Gasteiger partial charge in [0.25, 0.3) is 23.5 Å². The fourth-order valence-corrected chi connectivity index (χ4v) is 8.31. The summed E-state index contributed by atoms with van der Waals surface area (Å²) in [5, 5.41) is 25.4. The van der Waals surface area contributed by atoms with Gasteiger partial charge in [0.15, 0.2) is 0 Å². The Balaban J connectivity index is 0.000000215. The van der Waals surface area contributed by atoms with E-state index in [0.717, 1.165) is 37.5 Å². The summed E-state index contributed by atoms with van der Waals surface area (Å²) in [5.74, 6) is -0.0384. The molecule has 4 amide bonds. The molecule has 18 heteroatoms. The van der Waals surface area contributed by atoms with E-state index in [1.807, 2.05) is 14.1 Å². The number of nitrogens with one attached hydrogen (secondary N) is 2. The smallest absolute Gasteiger partial charge is 0.295 e. The SMILES string of the molecule is CN(C)C1CN(C(=O)c2noc([C@H](CCCC3CCCCC3)CC(=O)NO)n2)C1.NC1CN(C(=O)c2noc([C@H](CCCC3CCCCC3)CC(=O)NO)n2)C1. The Morgan fingerprint density at radius 2 is 1.12 bits per heavy atom. The van der Waals surface area contributed by atoms with Crippen molar-refractivity contribution in [1.29, 1.82) is 0 Å². The lowest BCUT2D eigenvalue weighted by atomic mass is 9.84. The molecule has 4 aliphatic rings. The van der Waals surface area contributed by atoms with Crippen molar-refractivity contribution >= 4 is 23.6 Å². The van der Waals surface area contributed by atoms with Crippen LogP contribution in [0.2, 0.25) is 0 Å². The van der Waals surface area contributed by atoms with E-state index in [1.54, 1.807) is 20.8 Å². The summed E-state index contributed by atoms with van der Waals surface area (Å²) in [5.41, 5.74) is 9.03. The van der Waals surface area contributed by atoms with Crippen molar-refractivity contribution in [1.82, 2.24) is 45.9 Å². The van der Waals surface area contributed by atoms with E-state index in [0.29, 0.717) is 51.0 Å². The molecule has 2 aliphatic heterocycles. The number of nitrogens with zero attached hydrogens (tertiary/aromatic N) is 7. The number of carbonyl (C=O) groups excluding carboxylic acids is 4. The number of hydroxylamine groups is 2. The van der Waals surface area contributed by atoms with Crippen molar-refractivity contribution in [3.8, 4) is 0 Å². The van der Waals surface area contributed by atoms with Crippen molar-refractivity contribution in [2.24, 2.45) is 17.6 Å². The number of likely N-dealkylation sites (N-methyl/N-ethyl adjacent to an activating group) is 1. The fourth-order valence-electron chi connectivity index (χ4n) is 8.31. The minimum atomic E-state index is -0.502. The quantitative estimate of drug-likeness (QED) is 0.113. The van der Waals surface area contributed by atoms with Crippen molar-refractivity contribution in [2.45, 2.75) is 139 Å². The molecule has 0 aromatic carbocycles. The second-order valence-corrected chi connectivity index (χ2v) is 16.5. The van der Waals surface area contributed by atoms with Crippen LogP contribution in [-0.4, -0.2) is 121 Å². The first-order chi connectivity index (χ1) is 27.0. The second-order valence-electron chi connectivity index (χ2n) is 16.5. The Labute approximate surface area is 328 Å². The van der Waals surface area contributed by atoms with Crippen LogP contribution in [-0.2, 0) is 9.59 Å². The van der Waals surface area contributed by atoms with Gasteiger partial charge in [-0.3, -0.25) is 29.6 Å². The number of aromatic nitrogens is 4. The van der Waals surface area contributed by atoms with Crippen LogP contribution < -0.4 is 16.7 Å². The third-order valence-electron chi connectivity index (χ3n) is 11.9. The number of nitrogens with two attached hydrogens (primary N) is 1. The standard InChI is InChI=1S/C20H33N5O4.C18H29N5O4/c1-24(2)16-12-25(13-16)20(27)18-21-19(29-23-18)15(11-17(26)22-28)10-6-9-14-7-4-3-5-8-14;19-14-10-23(11-14)18(25)16-20-17(27-22-16)13(9-15(24)21-26)8-4-7-12-5-2-1-3-6-12/h14-16,28H,3-13H2,1-2H3,(H,22,26);12-14,26H,1-11,19H2,(H,21,24)/t15-;13-/m11/s1. The largest absolute Gasteiger partial charge is 0.338 e. The first-order valence-electron chi connectivity index (χ1n) is 20.6. The fraction of sp³-hybridized carbons (Fsp3) is 0.789. The molecule has 4 heterocycles. The highest BCUT2D eigenvalue weighted by atomic mass is 16.5. The van der Waals surface area contributed by atoms with E-state index in [4.69, 9.17) is 25.2 Å². The van der Waals surface area contributed by atoms with Crippen LogP contribution in [0, 0.1) is 11.8 Å². The zero-order valence-corrected chi connectivity index (χ0v) is 33.1. The Hall–Kier alpha value is -4.00. The van der Waals surface area contributed by atoms with Crippen LogP contribution in [0.3, 0.4) is 0 Å². The van der Waals surface area contributed by atoms with Crippen LogP contribution in [0.5, 0.6) is 0 Å². The predicted molar refractivity (Wildman–Crippen MR) is 201 cm³/mol. The molecule has 0 spiro atoms. The van der Waals surface area contributed by atoms with E-state index >= 15 is 0 Å². The lowest BCUT2D eigenvalue weighted by Gasteiger charge is -2.42. The van der Waals surface area contributed by atoms with Crippen LogP contribution in [0.15, 0.2) is 9.05 Å². The van der Waals surface area contributed by atoms with Gasteiger partial charge in [-0.2, -0.15) is 9.97 Å². The molecule has 2 aliphatic carbocycles. The minimum Gasteiger partial charge on any atom is -0.338 e. The molecule has 6 N–H and O–H groups in total. The van der Waals surface area contributed by atoms with Gasteiger partial charge in [-0.25, -0.2) is 11.0 Å². The zero-order chi connectivity index (χ0) is 40.0. The maximum absolute atomic E-state index is 12.5. The first kappa shape index (κ1) is 43.1. The number of hydrogen-bond donors (Lipinski definition) is 5. The first-order valence-corrected chi connectivity index (χ1v) is 20.6. The summed E-state index contributed by atoms with van der Waals surface area (Å²) < 4.78 is 10.6. The summed E-state index contributed by atoms with van der Waals surface area (Å²) in [6.45, 7) is 2.27. The molecule has 0 radical (unpaired) electrons. The van der Waals surface area contributed by atoms with Gasteiger partial charge in [0.05, 0.1) is 0 Å². The Morgan fingerprint density at radius 1 is 0.714 bits per heavy atom. The molecule has 2 saturated carbocycles. The van der Waals surface area contributed by atoms with Crippen LogP contribution in [0.4, 0.5) is 0 Å². The molecule has 312 valence electrons. The monoisotopic (exact) mass is 786 g/mol. The Morgan fingerprint density at radius 3 is 1.50 bits per heavy atom. The number of carbonyl (C=O) groups is 4. The van der Waals surface area contributed by atoms with Gasteiger partial charge in [0.1, 0.15) is 0 Å². The van der Waals surface area contributed by atoms with E-state index in [2.05, 4.69) is 25.2 Å². The molecule has 56 heavy (non-hydrogen) atoms. The highest BCUT2D eigenvalue weighted by Gasteiger charge is 2.36. The van der Waals surface area contributed by atoms with Crippen molar-refractivity contribution in [2.75, 3.05) is 40.3 Å². The number of amides is 4. The molecule has 18 nitrogen and oxygen atoms in total. The minimum absolute atomic E-state index is 0.00103. The third kappa shape index (κ3) is 12.5. The Kier molecular flexibility index (Phi) is 16.6. The average Bonchev–Trinajstić information content (AvgIpc) is 3.87. The summed E-state index contributed by atoms with van der Waals surface area (Å²) in [4.78, 5) is 62.1. The number of rotatable bonds is 17. The van der Waals surface area contributed by atoms with Crippen molar-refractivity contribution in [3.05, 3.63) is 23.4 Å². The summed E-state index contributed by atoms with van der Waals surface area (Å²) in [6, 6.07) is 0.354. The normalized spacial score (nSPS) is 19.4. The van der Waals surface area contributed by atoms with Gasteiger partial charge < -0.3 is 29.5 Å². The molecule has 2 saturated heterocycles. The maximum Gasteiger partial charge on any atom is 0.295 e. The molecule has 2 aromatic heterocycles. The van der Waals surface area contributed by atoms with Gasteiger partial charge in [-0.15, -0.1) is 0 Å². The van der Waals surface area contributed by atoms with Gasteiger partial charge in [-0.05, 0) is 38.8 Å². The second kappa shape index (κ2) is 21.5. The van der Waals surface area contributed by atoms with Gasteiger partial charge in [0.2, 0.25) is 23.6 Å². The van der Waals surface area contributed by atoms with Crippen LogP contribution in [0.25, 0.3) is 0 Å². The van der Waals surface area contributed by atoms with Gasteiger partial charge in [-0.1, -0.05) is 100 Å². The summed E-state index contributed by atoms with van der Waals surface area (Å²) in [6.07, 6.45) is 18.7. The van der Waals surface area contributed by atoms with Crippen molar-refractivity contribution < 1.29 is 38.6 Å². The van der Waals surface area contributed by atoms with E-state index in [1.165, 1.54) is 64.2 Å². The van der Waals surface area contributed by atoms with Gasteiger partial charge in [0, 0.05) is 62.9 Å². The summed E-state index contributed by atoms with van der Waals surface area (Å²) >= 11 is 0. The molecule has 2 aromatic rings. The molecule has 0 unspecified atom stereocenters. The maximum atomic E-state index is 12.5.